The molecule has 0 fully saturated rings. The van der Waals surface area contributed by atoms with Gasteiger partial charge in [0.25, 0.3) is 0 Å². The van der Waals surface area contributed by atoms with Crippen LogP contribution in [0, 0.1) is 11.3 Å². The highest BCUT2D eigenvalue weighted by Crippen LogP contribution is 2.38. The van der Waals surface area contributed by atoms with E-state index in [1.54, 1.807) is 11.3 Å². The molecule has 9 heteroatoms. The van der Waals surface area contributed by atoms with Crippen LogP contribution >= 0.6 is 23.1 Å². The largest absolute Gasteiger partial charge is 0.323 e. The number of amides is 1. The molecule has 6 rings (SSSR count). The Morgan fingerprint density at radius 2 is 1.92 bits per heavy atom. The quantitative estimate of drug-likeness (QED) is 0.220. The molecule has 1 aliphatic carbocycles. The SMILES string of the molecule is CCC(Sc1nnc2c3ccccc3n(CCc3ccccc3)c2n1)C(=O)Nc1sc2c(c1C#N)CCCC2. The number of thioether (sulfide) groups is 1. The second kappa shape index (κ2) is 11.2. The van der Waals surface area contributed by atoms with Crippen LogP contribution in [0.1, 0.15) is 47.8 Å². The molecule has 1 N–H and O–H groups in total. The smallest absolute Gasteiger partial charge is 0.238 e. The molecule has 5 aromatic rings. The highest BCUT2D eigenvalue weighted by molar-refractivity contribution is 8.00. The fourth-order valence-electron chi connectivity index (χ4n) is 5.27. The highest BCUT2D eigenvalue weighted by atomic mass is 32.2. The van der Waals surface area contributed by atoms with E-state index in [0.29, 0.717) is 22.1 Å². The number of aromatic nitrogens is 4. The van der Waals surface area contributed by atoms with E-state index in [4.69, 9.17) is 4.98 Å². The average molecular weight is 553 g/mol. The van der Waals surface area contributed by atoms with Gasteiger partial charge in [0.2, 0.25) is 11.1 Å². The van der Waals surface area contributed by atoms with Gasteiger partial charge in [-0.05, 0) is 55.7 Å². The lowest BCUT2D eigenvalue weighted by atomic mass is 9.96. The number of anilines is 1. The summed E-state index contributed by atoms with van der Waals surface area (Å²) < 4.78 is 2.20. The first kappa shape index (κ1) is 25.5. The summed E-state index contributed by atoms with van der Waals surface area (Å²) in [6.45, 7) is 2.74. The summed E-state index contributed by atoms with van der Waals surface area (Å²) in [5, 5.41) is 23.6. The zero-order valence-electron chi connectivity index (χ0n) is 21.7. The Hall–Kier alpha value is -3.74. The fourth-order valence-corrected chi connectivity index (χ4v) is 7.32. The molecule has 0 saturated carbocycles. The number of benzene rings is 2. The van der Waals surface area contributed by atoms with E-state index in [9.17, 15) is 10.1 Å². The Balaban J connectivity index is 1.27. The van der Waals surface area contributed by atoms with Gasteiger partial charge in [-0.25, -0.2) is 4.98 Å². The van der Waals surface area contributed by atoms with Crippen molar-refractivity contribution in [2.75, 3.05) is 5.32 Å². The molecule has 3 heterocycles. The summed E-state index contributed by atoms with van der Waals surface area (Å²) in [6, 6.07) is 20.9. The minimum atomic E-state index is -0.405. The molecule has 1 amide bonds. The molecular weight excluding hydrogens is 525 g/mol. The van der Waals surface area contributed by atoms with Crippen molar-refractivity contribution in [1.29, 1.82) is 5.26 Å². The van der Waals surface area contributed by atoms with Gasteiger partial charge >= 0.3 is 0 Å². The number of para-hydroxylation sites is 1. The van der Waals surface area contributed by atoms with E-state index >= 15 is 0 Å². The van der Waals surface area contributed by atoms with Crippen molar-refractivity contribution >= 4 is 56.1 Å². The predicted molar refractivity (Wildman–Crippen MR) is 157 cm³/mol. The normalized spacial score (nSPS) is 13.7. The molecule has 1 unspecified atom stereocenters. The van der Waals surface area contributed by atoms with Crippen LogP contribution in [0.15, 0.2) is 59.8 Å². The molecule has 0 saturated heterocycles. The average Bonchev–Trinajstić information content (AvgIpc) is 3.49. The Morgan fingerprint density at radius 3 is 2.74 bits per heavy atom. The lowest BCUT2D eigenvalue weighted by Crippen LogP contribution is -2.25. The van der Waals surface area contributed by atoms with Gasteiger partial charge in [0.1, 0.15) is 16.6 Å². The van der Waals surface area contributed by atoms with Crippen molar-refractivity contribution in [3.05, 3.63) is 76.2 Å². The van der Waals surface area contributed by atoms with Gasteiger partial charge in [-0.15, -0.1) is 21.5 Å². The minimum Gasteiger partial charge on any atom is -0.323 e. The number of nitriles is 1. The van der Waals surface area contributed by atoms with Crippen LogP contribution in [0.2, 0.25) is 0 Å². The number of nitrogens with zero attached hydrogens (tertiary/aromatic N) is 5. The van der Waals surface area contributed by atoms with Gasteiger partial charge < -0.3 is 9.88 Å². The molecule has 0 bridgehead atoms. The van der Waals surface area contributed by atoms with E-state index in [1.807, 2.05) is 25.1 Å². The molecule has 7 nitrogen and oxygen atoms in total. The first-order valence-corrected chi connectivity index (χ1v) is 15.0. The third kappa shape index (κ3) is 5.02. The number of fused-ring (bicyclic) bond motifs is 4. The van der Waals surface area contributed by atoms with E-state index in [2.05, 4.69) is 62.5 Å². The first-order valence-electron chi connectivity index (χ1n) is 13.3. The number of thiophene rings is 1. The van der Waals surface area contributed by atoms with Gasteiger partial charge in [0.05, 0.1) is 16.3 Å². The van der Waals surface area contributed by atoms with Gasteiger partial charge in [0, 0.05) is 16.8 Å². The molecule has 0 radical (unpaired) electrons. The van der Waals surface area contributed by atoms with Crippen LogP contribution in [0.3, 0.4) is 0 Å². The molecule has 1 atom stereocenters. The topological polar surface area (TPSA) is 96.5 Å². The zero-order valence-corrected chi connectivity index (χ0v) is 23.3. The van der Waals surface area contributed by atoms with Crippen LogP contribution in [-0.4, -0.2) is 30.9 Å². The lowest BCUT2D eigenvalue weighted by molar-refractivity contribution is -0.115. The molecule has 0 aliphatic heterocycles. The molecule has 2 aromatic carbocycles. The van der Waals surface area contributed by atoms with Gasteiger partial charge in [-0.1, -0.05) is 67.2 Å². The van der Waals surface area contributed by atoms with Crippen molar-refractivity contribution in [2.45, 2.75) is 62.4 Å². The maximum atomic E-state index is 13.3. The van der Waals surface area contributed by atoms with Gasteiger partial charge in [-0.2, -0.15) is 5.26 Å². The lowest BCUT2D eigenvalue weighted by Gasteiger charge is -2.13. The number of hydrogen-bond donors (Lipinski definition) is 1. The molecule has 39 heavy (non-hydrogen) atoms. The predicted octanol–water partition coefficient (Wildman–Crippen LogP) is 6.54. The minimum absolute atomic E-state index is 0.133. The standard InChI is InChI=1S/C30H28N6OS2/c1-2-24(28(37)33-29-22(18-31)20-12-7-9-15-25(20)38-29)39-30-32-27-26(34-35-30)21-13-6-8-14-23(21)36(27)17-16-19-10-4-3-5-11-19/h3-6,8,10-11,13-14,24H,2,7,9,12,15-17H2,1H3,(H,33,37). The Labute approximate surface area is 235 Å². The second-order valence-corrected chi connectivity index (χ2v) is 12.0. The highest BCUT2D eigenvalue weighted by Gasteiger charge is 2.26. The van der Waals surface area contributed by atoms with Crippen molar-refractivity contribution < 1.29 is 4.79 Å². The summed E-state index contributed by atoms with van der Waals surface area (Å²) in [5.41, 5.74) is 5.62. The number of carbonyl (C=O) groups is 1. The second-order valence-electron chi connectivity index (χ2n) is 9.70. The zero-order chi connectivity index (χ0) is 26.8. The number of rotatable bonds is 8. The number of aryl methyl sites for hydroxylation is 3. The van der Waals surface area contributed by atoms with Crippen molar-refractivity contribution in [3.63, 3.8) is 0 Å². The third-order valence-electron chi connectivity index (χ3n) is 7.25. The van der Waals surface area contributed by atoms with E-state index < -0.39 is 5.25 Å². The van der Waals surface area contributed by atoms with Crippen LogP contribution in [0.5, 0.6) is 0 Å². The molecule has 3 aromatic heterocycles. The summed E-state index contributed by atoms with van der Waals surface area (Å²) in [6.07, 6.45) is 5.58. The van der Waals surface area contributed by atoms with Crippen molar-refractivity contribution in [3.8, 4) is 6.07 Å². The first-order chi connectivity index (χ1) is 19.2. The van der Waals surface area contributed by atoms with Crippen LogP contribution in [-0.2, 0) is 30.6 Å². The van der Waals surface area contributed by atoms with Crippen LogP contribution < -0.4 is 5.32 Å². The van der Waals surface area contributed by atoms with Crippen molar-refractivity contribution in [1.82, 2.24) is 19.7 Å². The number of carbonyl (C=O) groups excluding carboxylic acids is 1. The molecule has 1 aliphatic rings. The maximum Gasteiger partial charge on any atom is 0.238 e. The Kier molecular flexibility index (Phi) is 7.31. The summed E-state index contributed by atoms with van der Waals surface area (Å²) in [5.74, 6) is -0.133. The Morgan fingerprint density at radius 1 is 1.13 bits per heavy atom. The summed E-state index contributed by atoms with van der Waals surface area (Å²) in [4.78, 5) is 19.5. The Bertz CT molecular complexity index is 1700. The van der Waals surface area contributed by atoms with Gasteiger partial charge in [-0.3, -0.25) is 4.79 Å². The summed E-state index contributed by atoms with van der Waals surface area (Å²) in [7, 11) is 0. The fraction of sp³-hybridized carbons (Fsp3) is 0.300. The third-order valence-corrected chi connectivity index (χ3v) is 9.68. The van der Waals surface area contributed by atoms with E-state index in [0.717, 1.165) is 66.3 Å². The van der Waals surface area contributed by atoms with Crippen LogP contribution in [0.25, 0.3) is 22.1 Å². The number of nitrogens with one attached hydrogen (secondary N) is 1. The van der Waals surface area contributed by atoms with E-state index in [1.165, 1.54) is 22.2 Å². The monoisotopic (exact) mass is 552 g/mol. The molecule has 196 valence electrons. The van der Waals surface area contributed by atoms with Crippen LogP contribution in [0.4, 0.5) is 5.00 Å². The van der Waals surface area contributed by atoms with Crippen molar-refractivity contribution in [2.24, 2.45) is 0 Å². The number of hydrogen-bond acceptors (Lipinski definition) is 7. The molecular formula is C30H28N6OS2. The maximum absolute atomic E-state index is 13.3. The molecule has 0 spiro atoms. The van der Waals surface area contributed by atoms with Gasteiger partial charge in [0.15, 0.2) is 5.65 Å². The summed E-state index contributed by atoms with van der Waals surface area (Å²) >= 11 is 2.87. The van der Waals surface area contributed by atoms with E-state index in [-0.39, 0.29) is 5.91 Å².